The van der Waals surface area contributed by atoms with Gasteiger partial charge in [0.2, 0.25) is 5.95 Å². The van der Waals surface area contributed by atoms with E-state index in [1.165, 1.54) is 0 Å². The van der Waals surface area contributed by atoms with Crippen LogP contribution in [0.1, 0.15) is 44.5 Å². The smallest absolute Gasteiger partial charge is 0.255 e. The van der Waals surface area contributed by atoms with Gasteiger partial charge in [-0.2, -0.15) is 0 Å². The number of nitrogens with zero attached hydrogens (tertiary/aromatic N) is 5. The van der Waals surface area contributed by atoms with Gasteiger partial charge in [0, 0.05) is 65.7 Å². The van der Waals surface area contributed by atoms with Crippen molar-refractivity contribution in [3.05, 3.63) is 64.7 Å². The van der Waals surface area contributed by atoms with E-state index in [4.69, 9.17) is 10.7 Å². The highest BCUT2D eigenvalue weighted by Gasteiger charge is 2.39. The third-order valence-electron chi connectivity index (χ3n) is 7.69. The Balaban J connectivity index is 1.35. The lowest BCUT2D eigenvalue weighted by Crippen LogP contribution is -2.45. The molecule has 1 saturated heterocycles. The molecule has 0 saturated carbocycles. The fourth-order valence-electron chi connectivity index (χ4n) is 5.97. The van der Waals surface area contributed by atoms with Crippen LogP contribution in [0, 0.1) is 0 Å². The second kappa shape index (κ2) is 8.80. The Morgan fingerprint density at radius 1 is 1.16 bits per heavy atom. The highest BCUT2D eigenvalue weighted by atomic mass is 16.2. The summed E-state index contributed by atoms with van der Waals surface area (Å²) in [5, 5.41) is 0.959. The van der Waals surface area contributed by atoms with Crippen LogP contribution in [-0.2, 0) is 6.54 Å². The number of H-pyrrole nitrogens is 1. The molecule has 6 rings (SSSR count). The van der Waals surface area contributed by atoms with E-state index in [2.05, 4.69) is 48.6 Å². The molecular formula is C29H33N7O2. The predicted molar refractivity (Wildman–Crippen MR) is 149 cm³/mol. The number of carbonyl (C=O) groups is 1. The summed E-state index contributed by atoms with van der Waals surface area (Å²) in [6, 6.07) is 11.6. The Bertz CT molecular complexity index is 1600. The number of aromatic nitrogens is 4. The number of rotatable bonds is 4. The zero-order valence-electron chi connectivity index (χ0n) is 22.2. The van der Waals surface area contributed by atoms with Crippen molar-refractivity contribution in [3.8, 4) is 22.5 Å². The van der Waals surface area contributed by atoms with E-state index in [0.29, 0.717) is 36.8 Å². The van der Waals surface area contributed by atoms with Crippen LogP contribution in [0.5, 0.6) is 0 Å². The second-order valence-corrected chi connectivity index (χ2v) is 11.3. The van der Waals surface area contributed by atoms with Gasteiger partial charge in [-0.15, -0.1) is 0 Å². The number of likely N-dealkylation sites (tertiary alicyclic amines) is 1. The minimum absolute atomic E-state index is 0.0343. The summed E-state index contributed by atoms with van der Waals surface area (Å²) in [5.74, 6) is 0.673. The number of nitrogens with two attached hydrogens (primary N) is 1. The second-order valence-electron chi connectivity index (χ2n) is 11.3. The molecular weight excluding hydrogens is 478 g/mol. The first-order chi connectivity index (χ1) is 18.1. The maximum absolute atomic E-state index is 13.1. The summed E-state index contributed by atoms with van der Waals surface area (Å²) in [6.45, 7) is 10.4. The van der Waals surface area contributed by atoms with Gasteiger partial charge in [0.25, 0.3) is 11.5 Å². The average molecular weight is 512 g/mol. The Morgan fingerprint density at radius 2 is 1.97 bits per heavy atom. The third-order valence-corrected chi connectivity index (χ3v) is 7.69. The van der Waals surface area contributed by atoms with E-state index in [0.717, 1.165) is 34.1 Å². The molecule has 3 aromatic heterocycles. The number of fused-ring (bicyclic) bond motifs is 2. The number of pyridine rings is 1. The van der Waals surface area contributed by atoms with Gasteiger partial charge >= 0.3 is 0 Å². The van der Waals surface area contributed by atoms with Gasteiger partial charge in [-0.05, 0) is 58.4 Å². The summed E-state index contributed by atoms with van der Waals surface area (Å²) in [5.41, 5.74) is 10.4. The molecule has 196 valence electrons. The Morgan fingerprint density at radius 3 is 2.66 bits per heavy atom. The van der Waals surface area contributed by atoms with Crippen LogP contribution in [0.15, 0.2) is 53.6 Å². The number of hydrogen-bond donors (Lipinski definition) is 2. The van der Waals surface area contributed by atoms with Crippen LogP contribution in [0.25, 0.3) is 33.4 Å². The zero-order valence-corrected chi connectivity index (χ0v) is 22.2. The van der Waals surface area contributed by atoms with Gasteiger partial charge in [-0.25, -0.2) is 4.98 Å². The Hall–Kier alpha value is -3.98. The molecule has 1 amide bonds. The van der Waals surface area contributed by atoms with Crippen LogP contribution >= 0.6 is 0 Å². The fourth-order valence-corrected chi connectivity index (χ4v) is 5.97. The summed E-state index contributed by atoms with van der Waals surface area (Å²) in [6.07, 6.45) is 4.37. The van der Waals surface area contributed by atoms with E-state index >= 15 is 0 Å². The van der Waals surface area contributed by atoms with Crippen molar-refractivity contribution in [2.24, 2.45) is 5.73 Å². The lowest BCUT2D eigenvalue weighted by molar-refractivity contribution is 0.0790. The predicted octanol–water partition coefficient (Wildman–Crippen LogP) is 3.63. The molecule has 4 aromatic rings. The highest BCUT2D eigenvalue weighted by molar-refractivity contribution is 5.97. The van der Waals surface area contributed by atoms with Crippen LogP contribution < -0.4 is 16.2 Å². The van der Waals surface area contributed by atoms with E-state index in [1.54, 1.807) is 21.7 Å². The summed E-state index contributed by atoms with van der Waals surface area (Å²) >= 11 is 0. The first kappa shape index (κ1) is 24.4. The standard InChI is InChI=1S/C29H33N7O2/c1-17(2)36-28-33-25(12-26(37)35(28)16-29(36,3)4)22-14-32-24-8-5-18(11-21(22)24)23-7-6-19(13-31-23)27(38)34-10-9-20(30)15-34/h5-8,11-14,17,20,32H,9-10,15-16,30H2,1-4H3/t20-/m0/s1. The maximum atomic E-state index is 13.1. The molecule has 0 bridgehead atoms. The molecule has 2 aliphatic heterocycles. The minimum atomic E-state index is -0.195. The van der Waals surface area contributed by atoms with E-state index in [-0.39, 0.29) is 29.1 Å². The molecule has 9 heteroatoms. The largest absolute Gasteiger partial charge is 0.360 e. The maximum Gasteiger partial charge on any atom is 0.255 e. The topological polar surface area (TPSA) is 113 Å². The molecule has 1 fully saturated rings. The van der Waals surface area contributed by atoms with Crippen molar-refractivity contribution in [2.75, 3.05) is 18.0 Å². The number of carbonyl (C=O) groups excluding carboxylic acids is 1. The number of hydrogen-bond acceptors (Lipinski definition) is 6. The number of benzene rings is 1. The minimum Gasteiger partial charge on any atom is -0.360 e. The van der Waals surface area contributed by atoms with Gasteiger partial charge < -0.3 is 20.5 Å². The molecule has 1 aromatic carbocycles. The number of amides is 1. The summed E-state index contributed by atoms with van der Waals surface area (Å²) < 4.78 is 1.77. The first-order valence-corrected chi connectivity index (χ1v) is 13.2. The number of nitrogens with one attached hydrogen (secondary N) is 1. The Labute approximate surface area is 221 Å². The molecule has 38 heavy (non-hydrogen) atoms. The lowest BCUT2D eigenvalue weighted by Gasteiger charge is -2.35. The fraction of sp³-hybridized carbons (Fsp3) is 0.379. The SMILES string of the molecule is CC(C)N1c2nc(-c3c[nH]c4ccc(-c5ccc(C(=O)N6CC[C@H](N)C6)cn5)cc34)cc(=O)n2CC1(C)C. The van der Waals surface area contributed by atoms with Crippen molar-refractivity contribution in [3.63, 3.8) is 0 Å². The molecule has 0 radical (unpaired) electrons. The number of aromatic amines is 1. The summed E-state index contributed by atoms with van der Waals surface area (Å²) in [4.78, 5) is 42.8. The Kier molecular flexibility index (Phi) is 5.64. The monoisotopic (exact) mass is 511 g/mol. The lowest BCUT2D eigenvalue weighted by atomic mass is 10.0. The average Bonchev–Trinajstić information content (AvgIpc) is 3.57. The van der Waals surface area contributed by atoms with Crippen molar-refractivity contribution in [1.82, 2.24) is 24.4 Å². The van der Waals surface area contributed by atoms with Gasteiger partial charge in [0.1, 0.15) is 0 Å². The molecule has 3 N–H and O–H groups in total. The van der Waals surface area contributed by atoms with E-state index in [9.17, 15) is 9.59 Å². The van der Waals surface area contributed by atoms with E-state index in [1.807, 2.05) is 30.5 Å². The van der Waals surface area contributed by atoms with Gasteiger partial charge in [0.05, 0.1) is 29.0 Å². The van der Waals surface area contributed by atoms with Crippen molar-refractivity contribution >= 4 is 22.8 Å². The van der Waals surface area contributed by atoms with Crippen LogP contribution in [0.3, 0.4) is 0 Å². The van der Waals surface area contributed by atoms with Crippen molar-refractivity contribution < 1.29 is 4.79 Å². The van der Waals surface area contributed by atoms with Crippen LogP contribution in [0.2, 0.25) is 0 Å². The third kappa shape index (κ3) is 3.98. The quantitative estimate of drug-likeness (QED) is 0.433. The molecule has 9 nitrogen and oxygen atoms in total. The van der Waals surface area contributed by atoms with Crippen LogP contribution in [-0.4, -0.2) is 61.0 Å². The van der Waals surface area contributed by atoms with Crippen molar-refractivity contribution in [2.45, 2.75) is 58.3 Å². The highest BCUT2D eigenvalue weighted by Crippen LogP contribution is 2.36. The number of anilines is 1. The molecule has 1 atom stereocenters. The molecule has 0 aliphatic carbocycles. The van der Waals surface area contributed by atoms with Gasteiger partial charge in [0.15, 0.2) is 0 Å². The zero-order chi connectivity index (χ0) is 26.8. The van der Waals surface area contributed by atoms with E-state index < -0.39 is 0 Å². The molecule has 2 aliphatic rings. The molecule has 5 heterocycles. The van der Waals surface area contributed by atoms with Gasteiger partial charge in [-0.3, -0.25) is 19.1 Å². The van der Waals surface area contributed by atoms with Gasteiger partial charge in [-0.1, -0.05) is 6.07 Å². The normalized spacial score (nSPS) is 18.5. The van der Waals surface area contributed by atoms with Crippen molar-refractivity contribution in [1.29, 1.82) is 0 Å². The first-order valence-electron chi connectivity index (χ1n) is 13.2. The molecule has 0 unspecified atom stereocenters. The summed E-state index contributed by atoms with van der Waals surface area (Å²) in [7, 11) is 0. The van der Waals surface area contributed by atoms with Crippen LogP contribution in [0.4, 0.5) is 5.95 Å². The molecule has 0 spiro atoms.